The molecule has 0 saturated carbocycles. The Morgan fingerprint density at radius 3 is 2.50 bits per heavy atom. The smallest absolute Gasteiger partial charge is 0.182 e. The van der Waals surface area contributed by atoms with Gasteiger partial charge in [-0.3, -0.25) is 0 Å². The number of aryl methyl sites for hydroxylation is 1. The van der Waals surface area contributed by atoms with Gasteiger partial charge >= 0.3 is 0 Å². The number of fused-ring (bicyclic) bond motifs is 1. The summed E-state index contributed by atoms with van der Waals surface area (Å²) in [6.07, 6.45) is 0. The third-order valence-corrected chi connectivity index (χ3v) is 2.90. The first kappa shape index (κ1) is 10.7. The molecule has 0 aliphatic carbocycles. The fourth-order valence-electron chi connectivity index (χ4n) is 1.78. The second kappa shape index (κ2) is 4.07. The molecule has 1 aromatic heterocycles. The van der Waals surface area contributed by atoms with E-state index in [4.69, 9.17) is 5.73 Å². The Morgan fingerprint density at radius 1 is 0.944 bits per heavy atom. The van der Waals surface area contributed by atoms with Gasteiger partial charge in [0.15, 0.2) is 5.82 Å². The minimum absolute atomic E-state index is 0.598. The zero-order valence-electron chi connectivity index (χ0n) is 9.96. The lowest BCUT2D eigenvalue weighted by molar-refractivity contribution is 1.03. The first-order chi connectivity index (χ1) is 8.74. The summed E-state index contributed by atoms with van der Waals surface area (Å²) >= 11 is 0. The average molecular weight is 236 g/mol. The molecule has 0 atom stereocenters. The summed E-state index contributed by atoms with van der Waals surface area (Å²) in [4.78, 5) is 4.49. The standard InChI is InChI=1S/C14H12N4/c1-9-6-7-10(8-11(9)15)14-16-12-4-2-3-5-13(12)17-18-14/h2-8H,15H2,1H3. The lowest BCUT2D eigenvalue weighted by Crippen LogP contribution is -1.96. The number of nitrogens with two attached hydrogens (primary N) is 1. The van der Waals surface area contributed by atoms with E-state index in [1.807, 2.05) is 49.4 Å². The van der Waals surface area contributed by atoms with Gasteiger partial charge in [0.05, 0.1) is 5.52 Å². The lowest BCUT2D eigenvalue weighted by atomic mass is 10.1. The predicted molar refractivity (Wildman–Crippen MR) is 71.9 cm³/mol. The summed E-state index contributed by atoms with van der Waals surface area (Å²) in [6, 6.07) is 13.5. The normalized spacial score (nSPS) is 10.7. The molecule has 0 bridgehead atoms. The van der Waals surface area contributed by atoms with Crippen LogP contribution in [0, 0.1) is 6.92 Å². The summed E-state index contributed by atoms with van der Waals surface area (Å²) in [5.74, 6) is 0.598. The topological polar surface area (TPSA) is 64.7 Å². The van der Waals surface area contributed by atoms with E-state index in [0.29, 0.717) is 5.82 Å². The Bertz CT molecular complexity index is 722. The van der Waals surface area contributed by atoms with E-state index in [-0.39, 0.29) is 0 Å². The number of hydrogen-bond donors (Lipinski definition) is 1. The fourth-order valence-corrected chi connectivity index (χ4v) is 1.78. The molecule has 3 rings (SSSR count). The van der Waals surface area contributed by atoms with Gasteiger partial charge in [-0.15, -0.1) is 10.2 Å². The number of hydrogen-bond acceptors (Lipinski definition) is 4. The van der Waals surface area contributed by atoms with E-state index in [2.05, 4.69) is 15.2 Å². The Hall–Kier alpha value is -2.49. The molecule has 0 spiro atoms. The molecule has 18 heavy (non-hydrogen) atoms. The van der Waals surface area contributed by atoms with Crippen molar-refractivity contribution >= 4 is 16.7 Å². The van der Waals surface area contributed by atoms with E-state index in [1.165, 1.54) is 0 Å². The highest BCUT2D eigenvalue weighted by Gasteiger charge is 2.05. The van der Waals surface area contributed by atoms with Crippen molar-refractivity contribution in [3.05, 3.63) is 48.0 Å². The number of aromatic nitrogens is 3. The van der Waals surface area contributed by atoms with E-state index in [0.717, 1.165) is 27.8 Å². The molecule has 0 aliphatic rings. The third kappa shape index (κ3) is 1.78. The first-order valence-corrected chi connectivity index (χ1v) is 5.70. The van der Waals surface area contributed by atoms with Crippen LogP contribution in [0.15, 0.2) is 42.5 Å². The Balaban J connectivity index is 2.16. The maximum absolute atomic E-state index is 5.89. The van der Waals surface area contributed by atoms with E-state index >= 15 is 0 Å². The molecule has 0 radical (unpaired) electrons. The van der Waals surface area contributed by atoms with Crippen LogP contribution in [0.3, 0.4) is 0 Å². The Labute approximate surface area is 105 Å². The van der Waals surface area contributed by atoms with Crippen molar-refractivity contribution in [2.24, 2.45) is 0 Å². The Morgan fingerprint density at radius 2 is 1.72 bits per heavy atom. The van der Waals surface area contributed by atoms with Crippen LogP contribution in [0.4, 0.5) is 5.69 Å². The fraction of sp³-hybridized carbons (Fsp3) is 0.0714. The Kier molecular flexibility index (Phi) is 2.41. The highest BCUT2D eigenvalue weighted by Crippen LogP contribution is 2.21. The summed E-state index contributed by atoms with van der Waals surface area (Å²) in [7, 11) is 0. The molecule has 4 heteroatoms. The van der Waals surface area contributed by atoms with Crippen molar-refractivity contribution in [1.29, 1.82) is 0 Å². The van der Waals surface area contributed by atoms with Gasteiger partial charge in [0.2, 0.25) is 0 Å². The highest BCUT2D eigenvalue weighted by molar-refractivity contribution is 5.75. The molecule has 0 amide bonds. The van der Waals surface area contributed by atoms with Crippen molar-refractivity contribution < 1.29 is 0 Å². The van der Waals surface area contributed by atoms with Crippen LogP contribution < -0.4 is 5.73 Å². The number of nitrogens with zero attached hydrogens (tertiary/aromatic N) is 3. The average Bonchev–Trinajstić information content (AvgIpc) is 2.41. The van der Waals surface area contributed by atoms with Gasteiger partial charge in [-0.25, -0.2) is 4.98 Å². The molecule has 4 nitrogen and oxygen atoms in total. The quantitative estimate of drug-likeness (QED) is 0.659. The summed E-state index contributed by atoms with van der Waals surface area (Å²) in [6.45, 7) is 1.97. The molecule has 0 saturated heterocycles. The molecule has 88 valence electrons. The monoisotopic (exact) mass is 236 g/mol. The molecular weight excluding hydrogens is 224 g/mol. The zero-order valence-corrected chi connectivity index (χ0v) is 9.96. The maximum atomic E-state index is 5.89. The molecular formula is C14H12N4. The molecule has 0 aliphatic heterocycles. The molecule has 1 heterocycles. The van der Waals surface area contributed by atoms with Gasteiger partial charge in [0.25, 0.3) is 0 Å². The van der Waals surface area contributed by atoms with Crippen LogP contribution >= 0.6 is 0 Å². The van der Waals surface area contributed by atoms with Crippen LogP contribution in [-0.4, -0.2) is 15.2 Å². The largest absolute Gasteiger partial charge is 0.398 e. The van der Waals surface area contributed by atoms with Crippen molar-refractivity contribution in [3.63, 3.8) is 0 Å². The minimum atomic E-state index is 0.598. The van der Waals surface area contributed by atoms with Gasteiger partial charge in [0, 0.05) is 11.3 Å². The third-order valence-electron chi connectivity index (χ3n) is 2.90. The second-order valence-electron chi connectivity index (χ2n) is 4.20. The molecule has 0 unspecified atom stereocenters. The van der Waals surface area contributed by atoms with Gasteiger partial charge in [0.1, 0.15) is 5.52 Å². The SMILES string of the molecule is Cc1ccc(-c2nnc3ccccc3n2)cc1N. The van der Waals surface area contributed by atoms with Gasteiger partial charge in [-0.2, -0.15) is 0 Å². The number of anilines is 1. The first-order valence-electron chi connectivity index (χ1n) is 5.70. The highest BCUT2D eigenvalue weighted by atomic mass is 15.1. The predicted octanol–water partition coefficient (Wildman–Crippen LogP) is 2.58. The number of rotatable bonds is 1. The van der Waals surface area contributed by atoms with Crippen molar-refractivity contribution in [2.45, 2.75) is 6.92 Å². The van der Waals surface area contributed by atoms with Gasteiger partial charge in [-0.05, 0) is 30.7 Å². The minimum Gasteiger partial charge on any atom is -0.398 e. The van der Waals surface area contributed by atoms with E-state index < -0.39 is 0 Å². The van der Waals surface area contributed by atoms with Gasteiger partial charge in [-0.1, -0.05) is 24.3 Å². The molecule has 0 fully saturated rings. The van der Waals surface area contributed by atoms with Gasteiger partial charge < -0.3 is 5.73 Å². The number of benzene rings is 2. The second-order valence-corrected chi connectivity index (χ2v) is 4.20. The van der Waals surface area contributed by atoms with E-state index in [9.17, 15) is 0 Å². The summed E-state index contributed by atoms with van der Waals surface area (Å²) in [5.41, 5.74) is 10.2. The van der Waals surface area contributed by atoms with Crippen LogP contribution in [0.2, 0.25) is 0 Å². The number of para-hydroxylation sites is 1. The molecule has 3 aromatic rings. The maximum Gasteiger partial charge on any atom is 0.182 e. The van der Waals surface area contributed by atoms with Crippen LogP contribution in [0.1, 0.15) is 5.56 Å². The molecule has 2 N–H and O–H groups in total. The number of nitrogen functional groups attached to an aromatic ring is 1. The van der Waals surface area contributed by atoms with Crippen LogP contribution in [-0.2, 0) is 0 Å². The van der Waals surface area contributed by atoms with Crippen molar-refractivity contribution in [3.8, 4) is 11.4 Å². The van der Waals surface area contributed by atoms with Crippen molar-refractivity contribution in [1.82, 2.24) is 15.2 Å². The van der Waals surface area contributed by atoms with Crippen molar-refractivity contribution in [2.75, 3.05) is 5.73 Å². The van der Waals surface area contributed by atoms with Crippen LogP contribution in [0.25, 0.3) is 22.4 Å². The lowest BCUT2D eigenvalue weighted by Gasteiger charge is -2.04. The van der Waals surface area contributed by atoms with Crippen LogP contribution in [0.5, 0.6) is 0 Å². The zero-order chi connectivity index (χ0) is 12.5. The van der Waals surface area contributed by atoms with E-state index in [1.54, 1.807) is 0 Å². The summed E-state index contributed by atoms with van der Waals surface area (Å²) < 4.78 is 0. The summed E-state index contributed by atoms with van der Waals surface area (Å²) in [5, 5.41) is 8.29. The molecule has 2 aromatic carbocycles.